The molecule has 1 aromatic carbocycles. The number of pyridine rings is 1. The average Bonchev–Trinajstić information content (AvgIpc) is 2.52. The molecule has 21 heavy (non-hydrogen) atoms. The van der Waals surface area contributed by atoms with Crippen molar-refractivity contribution in [2.24, 2.45) is 10.9 Å². The van der Waals surface area contributed by atoms with E-state index in [0.29, 0.717) is 5.56 Å². The molecular weight excluding hydrogens is 275 g/mol. The Labute approximate surface area is 120 Å². The number of aromatic nitrogens is 1. The Morgan fingerprint density at radius 1 is 1.33 bits per heavy atom. The Hall–Kier alpha value is -2.96. The van der Waals surface area contributed by atoms with Crippen molar-refractivity contribution < 1.29 is 14.4 Å². The molecule has 0 aliphatic carbocycles. The van der Waals surface area contributed by atoms with Gasteiger partial charge in [0.2, 0.25) is 0 Å². The number of oxime groups is 1. The van der Waals surface area contributed by atoms with Crippen molar-refractivity contribution in [3.8, 4) is 0 Å². The molecule has 0 fully saturated rings. The van der Waals surface area contributed by atoms with Gasteiger partial charge in [-0.05, 0) is 17.7 Å². The van der Waals surface area contributed by atoms with Crippen molar-refractivity contribution in [1.29, 1.82) is 0 Å². The Kier molecular flexibility index (Phi) is 4.45. The SMILES string of the molecule is N/C(=N/O)c1cccc(CNC(=O)c2cncc(F)c2)c1. The number of amides is 1. The summed E-state index contributed by atoms with van der Waals surface area (Å²) in [6, 6.07) is 7.96. The molecule has 0 aliphatic heterocycles. The van der Waals surface area contributed by atoms with Crippen molar-refractivity contribution >= 4 is 11.7 Å². The monoisotopic (exact) mass is 288 g/mol. The topological polar surface area (TPSA) is 101 Å². The van der Waals surface area contributed by atoms with Gasteiger partial charge in [-0.3, -0.25) is 9.78 Å². The first-order valence-electron chi connectivity index (χ1n) is 6.05. The fourth-order valence-electron chi connectivity index (χ4n) is 1.72. The Morgan fingerprint density at radius 3 is 2.86 bits per heavy atom. The molecule has 1 heterocycles. The molecule has 0 saturated carbocycles. The molecule has 0 spiro atoms. The maximum Gasteiger partial charge on any atom is 0.253 e. The van der Waals surface area contributed by atoms with E-state index in [9.17, 15) is 9.18 Å². The molecule has 108 valence electrons. The molecule has 1 amide bonds. The van der Waals surface area contributed by atoms with E-state index in [1.165, 1.54) is 6.20 Å². The average molecular weight is 288 g/mol. The highest BCUT2D eigenvalue weighted by Gasteiger charge is 2.07. The van der Waals surface area contributed by atoms with Gasteiger partial charge in [0, 0.05) is 18.3 Å². The first kappa shape index (κ1) is 14.4. The highest BCUT2D eigenvalue weighted by molar-refractivity contribution is 5.97. The number of hydrogen-bond acceptors (Lipinski definition) is 4. The second-order valence-electron chi connectivity index (χ2n) is 4.26. The molecule has 6 nitrogen and oxygen atoms in total. The molecule has 2 aromatic rings. The summed E-state index contributed by atoms with van der Waals surface area (Å²) >= 11 is 0. The van der Waals surface area contributed by atoms with Crippen LogP contribution in [0.4, 0.5) is 4.39 Å². The van der Waals surface area contributed by atoms with E-state index >= 15 is 0 Å². The molecule has 7 heteroatoms. The summed E-state index contributed by atoms with van der Waals surface area (Å²) in [5.41, 5.74) is 6.93. The molecule has 1 aromatic heterocycles. The van der Waals surface area contributed by atoms with Crippen LogP contribution in [0.25, 0.3) is 0 Å². The number of halogens is 1. The molecular formula is C14H13FN4O2. The van der Waals surface area contributed by atoms with Crippen molar-refractivity contribution in [3.63, 3.8) is 0 Å². The largest absolute Gasteiger partial charge is 0.409 e. The van der Waals surface area contributed by atoms with Gasteiger partial charge in [0.25, 0.3) is 5.91 Å². The van der Waals surface area contributed by atoms with Crippen LogP contribution in [-0.2, 0) is 6.54 Å². The summed E-state index contributed by atoms with van der Waals surface area (Å²) in [4.78, 5) is 15.5. The van der Waals surface area contributed by atoms with E-state index in [2.05, 4.69) is 15.5 Å². The second-order valence-corrected chi connectivity index (χ2v) is 4.26. The zero-order chi connectivity index (χ0) is 15.2. The van der Waals surface area contributed by atoms with E-state index in [-0.39, 0.29) is 17.9 Å². The molecule has 0 bridgehead atoms. The summed E-state index contributed by atoms with van der Waals surface area (Å²) in [5.74, 6) is -1.02. The maximum absolute atomic E-state index is 13.0. The van der Waals surface area contributed by atoms with Gasteiger partial charge in [-0.2, -0.15) is 0 Å². The summed E-state index contributed by atoms with van der Waals surface area (Å²) in [6.45, 7) is 0.224. The van der Waals surface area contributed by atoms with Gasteiger partial charge in [0.05, 0.1) is 11.8 Å². The molecule has 0 aliphatic rings. The zero-order valence-corrected chi connectivity index (χ0v) is 11.0. The predicted molar refractivity (Wildman–Crippen MR) is 74.3 cm³/mol. The van der Waals surface area contributed by atoms with Crippen molar-refractivity contribution in [1.82, 2.24) is 10.3 Å². The number of nitrogens with zero attached hydrogens (tertiary/aromatic N) is 2. The number of hydrogen-bond donors (Lipinski definition) is 3. The highest BCUT2D eigenvalue weighted by Crippen LogP contribution is 2.06. The normalized spacial score (nSPS) is 11.2. The zero-order valence-electron chi connectivity index (χ0n) is 11.0. The summed E-state index contributed by atoms with van der Waals surface area (Å²) < 4.78 is 13.0. The van der Waals surface area contributed by atoms with Crippen LogP contribution < -0.4 is 11.1 Å². The van der Waals surface area contributed by atoms with Gasteiger partial charge in [-0.1, -0.05) is 23.4 Å². The molecule has 2 rings (SSSR count). The summed E-state index contributed by atoms with van der Waals surface area (Å²) in [7, 11) is 0. The van der Waals surface area contributed by atoms with Gasteiger partial charge < -0.3 is 16.3 Å². The minimum absolute atomic E-state index is 0.0162. The summed E-state index contributed by atoms with van der Waals surface area (Å²) in [5, 5.41) is 14.2. The van der Waals surface area contributed by atoms with Gasteiger partial charge in [-0.25, -0.2) is 4.39 Å². The third kappa shape index (κ3) is 3.75. The first-order chi connectivity index (χ1) is 10.1. The standard InChI is InChI=1S/C14H13FN4O2/c15-12-5-11(7-17-8-12)14(20)18-6-9-2-1-3-10(4-9)13(16)19-21/h1-5,7-8,21H,6H2,(H2,16,19)(H,18,20). The van der Waals surface area contributed by atoms with Crippen molar-refractivity contribution in [3.05, 3.63) is 65.2 Å². The van der Waals surface area contributed by atoms with Crippen LogP contribution >= 0.6 is 0 Å². The summed E-state index contributed by atoms with van der Waals surface area (Å²) in [6.07, 6.45) is 2.31. The highest BCUT2D eigenvalue weighted by atomic mass is 19.1. The molecule has 0 saturated heterocycles. The van der Waals surface area contributed by atoms with Crippen LogP contribution in [0.1, 0.15) is 21.5 Å². The van der Waals surface area contributed by atoms with Crippen LogP contribution in [-0.4, -0.2) is 21.9 Å². The Morgan fingerprint density at radius 2 is 2.14 bits per heavy atom. The van der Waals surface area contributed by atoms with Crippen LogP contribution in [0.2, 0.25) is 0 Å². The number of benzene rings is 1. The maximum atomic E-state index is 13.0. The molecule has 4 N–H and O–H groups in total. The van der Waals surface area contributed by atoms with Gasteiger partial charge in [-0.15, -0.1) is 0 Å². The second kappa shape index (κ2) is 6.47. The molecule has 0 atom stereocenters. The third-order valence-electron chi connectivity index (χ3n) is 2.75. The van der Waals surface area contributed by atoms with E-state index < -0.39 is 11.7 Å². The van der Waals surface area contributed by atoms with Gasteiger partial charge >= 0.3 is 0 Å². The lowest BCUT2D eigenvalue weighted by molar-refractivity contribution is 0.0950. The smallest absolute Gasteiger partial charge is 0.253 e. The van der Waals surface area contributed by atoms with Crippen LogP contribution in [0.3, 0.4) is 0 Å². The minimum atomic E-state index is -0.573. The fraction of sp³-hybridized carbons (Fsp3) is 0.0714. The molecule has 0 radical (unpaired) electrons. The van der Waals surface area contributed by atoms with Crippen molar-refractivity contribution in [2.75, 3.05) is 0 Å². The fourth-order valence-corrected chi connectivity index (χ4v) is 1.72. The van der Waals surface area contributed by atoms with E-state index in [1.807, 2.05) is 0 Å². The third-order valence-corrected chi connectivity index (χ3v) is 2.75. The Bertz CT molecular complexity index is 688. The number of carbonyl (C=O) groups excluding carboxylic acids is 1. The lowest BCUT2D eigenvalue weighted by atomic mass is 10.1. The lowest BCUT2D eigenvalue weighted by Gasteiger charge is -2.07. The first-order valence-corrected chi connectivity index (χ1v) is 6.05. The van der Waals surface area contributed by atoms with E-state index in [4.69, 9.17) is 10.9 Å². The van der Waals surface area contributed by atoms with Crippen LogP contribution in [0, 0.1) is 5.82 Å². The predicted octanol–water partition coefficient (Wildman–Crippen LogP) is 1.25. The van der Waals surface area contributed by atoms with Gasteiger partial charge in [0.1, 0.15) is 5.82 Å². The number of carbonyl (C=O) groups is 1. The number of amidine groups is 1. The van der Waals surface area contributed by atoms with Crippen LogP contribution in [0.15, 0.2) is 47.9 Å². The number of rotatable bonds is 4. The number of nitrogens with one attached hydrogen (secondary N) is 1. The molecule has 0 unspecified atom stereocenters. The van der Waals surface area contributed by atoms with Crippen LogP contribution in [0.5, 0.6) is 0 Å². The van der Waals surface area contributed by atoms with E-state index in [1.54, 1.807) is 24.3 Å². The quantitative estimate of drug-likeness (QED) is 0.341. The Balaban J connectivity index is 2.05. The van der Waals surface area contributed by atoms with E-state index in [0.717, 1.165) is 17.8 Å². The van der Waals surface area contributed by atoms with Crippen molar-refractivity contribution in [2.45, 2.75) is 6.54 Å². The lowest BCUT2D eigenvalue weighted by Crippen LogP contribution is -2.23. The minimum Gasteiger partial charge on any atom is -0.409 e. The van der Waals surface area contributed by atoms with Gasteiger partial charge in [0.15, 0.2) is 5.84 Å². The number of nitrogens with two attached hydrogens (primary N) is 1.